The van der Waals surface area contributed by atoms with E-state index in [1.54, 1.807) is 0 Å². The Morgan fingerprint density at radius 1 is 1.00 bits per heavy atom. The third-order valence-corrected chi connectivity index (χ3v) is 3.98. The number of aliphatic hydroxyl groups is 1. The van der Waals surface area contributed by atoms with Crippen LogP contribution in [-0.4, -0.2) is 29.6 Å². The first-order valence-corrected chi connectivity index (χ1v) is 7.49. The second-order valence-corrected chi connectivity index (χ2v) is 5.53. The van der Waals surface area contributed by atoms with E-state index in [4.69, 9.17) is 5.73 Å². The zero-order chi connectivity index (χ0) is 13.5. The Hall–Kier alpha value is -0.900. The van der Waals surface area contributed by atoms with Crippen molar-refractivity contribution < 1.29 is 5.11 Å². The number of aliphatic hydroxyl groups excluding tert-OH is 1. The fraction of sp³-hybridized carbons (Fsp3) is 0.625. The number of hydrogen-bond acceptors (Lipinski definition) is 3. The minimum atomic E-state index is -0.383. The Bertz CT molecular complexity index is 356. The molecule has 0 amide bonds. The van der Waals surface area contributed by atoms with E-state index in [2.05, 4.69) is 4.90 Å². The minimum Gasteiger partial charge on any atom is -0.387 e. The monoisotopic (exact) mass is 262 g/mol. The van der Waals surface area contributed by atoms with Crippen molar-refractivity contribution in [1.82, 2.24) is 4.90 Å². The Morgan fingerprint density at radius 2 is 1.58 bits per heavy atom. The van der Waals surface area contributed by atoms with Gasteiger partial charge in [-0.25, -0.2) is 0 Å². The highest BCUT2D eigenvalue weighted by atomic mass is 16.3. The second kappa shape index (κ2) is 7.63. The molecule has 0 aliphatic carbocycles. The lowest BCUT2D eigenvalue weighted by atomic mass is 10.0. The van der Waals surface area contributed by atoms with Crippen LogP contribution in [-0.2, 0) is 6.54 Å². The Labute approximate surface area is 116 Å². The van der Waals surface area contributed by atoms with Crippen molar-refractivity contribution in [3.63, 3.8) is 0 Å². The van der Waals surface area contributed by atoms with Gasteiger partial charge in [-0.1, -0.05) is 43.5 Å². The SMILES string of the molecule is NCc1ccc(C(O)CN2CCCCCCC2)cc1. The molecule has 1 aromatic rings. The summed E-state index contributed by atoms with van der Waals surface area (Å²) in [5.41, 5.74) is 7.70. The summed E-state index contributed by atoms with van der Waals surface area (Å²) in [5.74, 6) is 0. The van der Waals surface area contributed by atoms with Crippen molar-refractivity contribution in [2.75, 3.05) is 19.6 Å². The summed E-state index contributed by atoms with van der Waals surface area (Å²) in [6.45, 7) is 3.56. The number of β-amino-alcohol motifs (C(OH)–C–C–N with tert-alkyl or cyclic N) is 1. The molecular formula is C16H26N2O. The lowest BCUT2D eigenvalue weighted by Gasteiger charge is -2.27. The van der Waals surface area contributed by atoms with Crippen molar-refractivity contribution in [2.45, 2.75) is 44.8 Å². The van der Waals surface area contributed by atoms with Gasteiger partial charge in [-0.05, 0) is 37.1 Å². The van der Waals surface area contributed by atoms with E-state index >= 15 is 0 Å². The highest BCUT2D eigenvalue weighted by Gasteiger charge is 2.14. The molecule has 3 N–H and O–H groups in total. The van der Waals surface area contributed by atoms with Crippen molar-refractivity contribution >= 4 is 0 Å². The van der Waals surface area contributed by atoms with Crippen molar-refractivity contribution in [2.24, 2.45) is 5.73 Å². The van der Waals surface area contributed by atoms with Gasteiger partial charge in [-0.15, -0.1) is 0 Å². The van der Waals surface area contributed by atoms with Crippen LogP contribution < -0.4 is 5.73 Å². The topological polar surface area (TPSA) is 49.5 Å². The van der Waals surface area contributed by atoms with Crippen molar-refractivity contribution in [3.05, 3.63) is 35.4 Å². The van der Waals surface area contributed by atoms with Gasteiger partial charge in [-0.3, -0.25) is 0 Å². The summed E-state index contributed by atoms with van der Waals surface area (Å²) in [5, 5.41) is 10.3. The molecule has 1 aromatic carbocycles. The molecule has 1 atom stereocenters. The number of benzene rings is 1. The van der Waals surface area contributed by atoms with Crippen LogP contribution in [0.5, 0.6) is 0 Å². The summed E-state index contributed by atoms with van der Waals surface area (Å²) < 4.78 is 0. The number of nitrogens with zero attached hydrogens (tertiary/aromatic N) is 1. The first-order chi connectivity index (χ1) is 9.29. The van der Waals surface area contributed by atoms with Crippen LogP contribution in [0.2, 0.25) is 0 Å². The first-order valence-electron chi connectivity index (χ1n) is 7.49. The number of nitrogens with two attached hydrogens (primary N) is 1. The van der Waals surface area contributed by atoms with Gasteiger partial charge in [0.15, 0.2) is 0 Å². The molecule has 0 aromatic heterocycles. The van der Waals surface area contributed by atoms with Gasteiger partial charge in [0.1, 0.15) is 0 Å². The maximum Gasteiger partial charge on any atom is 0.0916 e. The van der Waals surface area contributed by atoms with E-state index in [1.807, 2.05) is 24.3 Å². The Morgan fingerprint density at radius 3 is 2.16 bits per heavy atom. The fourth-order valence-corrected chi connectivity index (χ4v) is 2.72. The molecule has 1 unspecified atom stereocenters. The van der Waals surface area contributed by atoms with E-state index in [9.17, 15) is 5.11 Å². The molecule has 19 heavy (non-hydrogen) atoms. The lowest BCUT2D eigenvalue weighted by Crippen LogP contribution is -2.31. The zero-order valence-electron chi connectivity index (χ0n) is 11.7. The predicted octanol–water partition coefficient (Wildman–Crippen LogP) is 2.44. The quantitative estimate of drug-likeness (QED) is 0.876. The second-order valence-electron chi connectivity index (χ2n) is 5.53. The van der Waals surface area contributed by atoms with Gasteiger partial charge < -0.3 is 15.7 Å². The molecular weight excluding hydrogens is 236 g/mol. The molecule has 1 heterocycles. The molecule has 1 saturated heterocycles. The van der Waals surface area contributed by atoms with Gasteiger partial charge in [0.05, 0.1) is 6.10 Å². The highest BCUT2D eigenvalue weighted by molar-refractivity contribution is 5.24. The summed E-state index contributed by atoms with van der Waals surface area (Å²) in [6.07, 6.45) is 6.18. The smallest absolute Gasteiger partial charge is 0.0916 e. The third-order valence-electron chi connectivity index (χ3n) is 3.98. The molecule has 3 nitrogen and oxygen atoms in total. The Kier molecular flexibility index (Phi) is 5.83. The van der Waals surface area contributed by atoms with Gasteiger partial charge in [0.25, 0.3) is 0 Å². The molecule has 2 rings (SSSR count). The van der Waals surface area contributed by atoms with Crippen molar-refractivity contribution in [3.8, 4) is 0 Å². The molecule has 0 radical (unpaired) electrons. The minimum absolute atomic E-state index is 0.383. The van der Waals surface area contributed by atoms with E-state index in [0.29, 0.717) is 6.54 Å². The third kappa shape index (κ3) is 4.60. The van der Waals surface area contributed by atoms with E-state index in [1.165, 1.54) is 32.1 Å². The molecule has 0 bridgehead atoms. The van der Waals surface area contributed by atoms with Crippen LogP contribution in [0.4, 0.5) is 0 Å². The van der Waals surface area contributed by atoms with Crippen LogP contribution in [0.25, 0.3) is 0 Å². The van der Waals surface area contributed by atoms with Crippen LogP contribution in [0.3, 0.4) is 0 Å². The zero-order valence-corrected chi connectivity index (χ0v) is 11.7. The summed E-state index contributed by atoms with van der Waals surface area (Å²) >= 11 is 0. The molecule has 1 aliphatic heterocycles. The number of hydrogen-bond donors (Lipinski definition) is 2. The Balaban J connectivity index is 1.88. The standard InChI is InChI=1S/C16H26N2O/c17-12-14-6-8-15(9-7-14)16(19)13-18-10-4-2-1-3-5-11-18/h6-9,16,19H,1-5,10-13,17H2. The van der Waals surface area contributed by atoms with Crippen molar-refractivity contribution in [1.29, 1.82) is 0 Å². The van der Waals surface area contributed by atoms with Gasteiger partial charge in [-0.2, -0.15) is 0 Å². The summed E-state index contributed by atoms with van der Waals surface area (Å²) in [7, 11) is 0. The van der Waals surface area contributed by atoms with Gasteiger partial charge >= 0.3 is 0 Å². The van der Waals surface area contributed by atoms with Crippen LogP contribution in [0.1, 0.15) is 49.3 Å². The molecule has 1 fully saturated rings. The average Bonchev–Trinajstić information content (AvgIpc) is 2.41. The molecule has 1 aliphatic rings. The van der Waals surface area contributed by atoms with Crippen LogP contribution >= 0.6 is 0 Å². The first kappa shape index (κ1) is 14.5. The number of rotatable bonds is 4. The molecule has 0 saturated carbocycles. The molecule has 0 spiro atoms. The fourth-order valence-electron chi connectivity index (χ4n) is 2.72. The summed E-state index contributed by atoms with van der Waals surface area (Å²) in [4.78, 5) is 2.40. The highest BCUT2D eigenvalue weighted by Crippen LogP contribution is 2.17. The largest absolute Gasteiger partial charge is 0.387 e. The maximum absolute atomic E-state index is 10.3. The predicted molar refractivity (Wildman–Crippen MR) is 78.8 cm³/mol. The normalized spacial score (nSPS) is 19.7. The van der Waals surface area contributed by atoms with E-state index in [0.717, 1.165) is 30.8 Å². The maximum atomic E-state index is 10.3. The average molecular weight is 262 g/mol. The van der Waals surface area contributed by atoms with Crippen LogP contribution in [0.15, 0.2) is 24.3 Å². The van der Waals surface area contributed by atoms with Gasteiger partial charge in [0.2, 0.25) is 0 Å². The van der Waals surface area contributed by atoms with Crippen LogP contribution in [0, 0.1) is 0 Å². The molecule has 3 heteroatoms. The van der Waals surface area contributed by atoms with E-state index in [-0.39, 0.29) is 6.10 Å². The van der Waals surface area contributed by atoms with Gasteiger partial charge in [0, 0.05) is 13.1 Å². The molecule has 106 valence electrons. The lowest BCUT2D eigenvalue weighted by molar-refractivity contribution is 0.108. The summed E-state index contributed by atoms with van der Waals surface area (Å²) in [6, 6.07) is 8.01. The van der Waals surface area contributed by atoms with E-state index < -0.39 is 0 Å². The number of likely N-dealkylation sites (tertiary alicyclic amines) is 1.